The average Bonchev–Trinajstić information content (AvgIpc) is 2.77. The molecule has 6 heteroatoms. The molecule has 2 fully saturated rings. The highest BCUT2D eigenvalue weighted by molar-refractivity contribution is 5.81. The molecule has 0 spiro atoms. The van der Waals surface area contributed by atoms with Gasteiger partial charge in [0.15, 0.2) is 11.5 Å². The Kier molecular flexibility index (Phi) is 7.18. The molecule has 0 radical (unpaired) electrons. The summed E-state index contributed by atoms with van der Waals surface area (Å²) < 4.78 is 10.5. The van der Waals surface area contributed by atoms with Gasteiger partial charge < -0.3 is 19.7 Å². The third-order valence-corrected chi connectivity index (χ3v) is 6.05. The molecule has 0 bridgehead atoms. The number of nitrogens with zero attached hydrogens (tertiary/aromatic N) is 1. The SMILES string of the molecule is COc1ccc(CNC(=O)C2CCN(C(=O)C3CCCCC3)CC2)cc1OC. The van der Waals surface area contributed by atoms with Crippen LogP contribution in [0.5, 0.6) is 11.5 Å². The van der Waals surface area contributed by atoms with Gasteiger partial charge in [0.05, 0.1) is 14.2 Å². The topological polar surface area (TPSA) is 67.9 Å². The Labute approximate surface area is 167 Å². The summed E-state index contributed by atoms with van der Waals surface area (Å²) in [6, 6.07) is 5.65. The number of rotatable bonds is 6. The van der Waals surface area contributed by atoms with Crippen molar-refractivity contribution in [2.45, 2.75) is 51.5 Å². The maximum Gasteiger partial charge on any atom is 0.225 e. The maximum atomic E-state index is 12.7. The van der Waals surface area contributed by atoms with E-state index in [0.717, 1.165) is 31.2 Å². The van der Waals surface area contributed by atoms with E-state index < -0.39 is 0 Å². The van der Waals surface area contributed by atoms with E-state index in [4.69, 9.17) is 9.47 Å². The van der Waals surface area contributed by atoms with Gasteiger partial charge in [0.2, 0.25) is 11.8 Å². The number of ether oxygens (including phenoxy) is 2. The van der Waals surface area contributed by atoms with Crippen molar-refractivity contribution in [3.8, 4) is 11.5 Å². The van der Waals surface area contributed by atoms with Gasteiger partial charge in [-0.3, -0.25) is 9.59 Å². The van der Waals surface area contributed by atoms with Crippen LogP contribution < -0.4 is 14.8 Å². The highest BCUT2D eigenvalue weighted by Crippen LogP contribution is 2.29. The minimum atomic E-state index is -0.0180. The van der Waals surface area contributed by atoms with Crippen molar-refractivity contribution >= 4 is 11.8 Å². The number of amides is 2. The van der Waals surface area contributed by atoms with Crippen LogP contribution in [0.25, 0.3) is 0 Å². The van der Waals surface area contributed by atoms with Gasteiger partial charge in [0, 0.05) is 31.5 Å². The van der Waals surface area contributed by atoms with Gasteiger partial charge in [-0.25, -0.2) is 0 Å². The summed E-state index contributed by atoms with van der Waals surface area (Å²) in [5.74, 6) is 1.90. The fraction of sp³-hybridized carbons (Fsp3) is 0.636. The molecule has 1 aromatic rings. The average molecular weight is 389 g/mol. The summed E-state index contributed by atoms with van der Waals surface area (Å²) >= 11 is 0. The molecule has 2 amide bonds. The van der Waals surface area contributed by atoms with Crippen LogP contribution in [0.3, 0.4) is 0 Å². The summed E-state index contributed by atoms with van der Waals surface area (Å²) in [6.45, 7) is 1.86. The van der Waals surface area contributed by atoms with Gasteiger partial charge in [0.1, 0.15) is 0 Å². The van der Waals surface area contributed by atoms with Crippen LogP contribution in [0, 0.1) is 11.8 Å². The standard InChI is InChI=1S/C22H32N2O4/c1-27-19-9-8-16(14-20(19)28-2)15-23-21(25)17-10-12-24(13-11-17)22(26)18-6-4-3-5-7-18/h8-9,14,17-18H,3-7,10-13,15H2,1-2H3,(H,23,25). The molecule has 6 nitrogen and oxygen atoms in total. The summed E-state index contributed by atoms with van der Waals surface area (Å²) in [6.07, 6.45) is 7.16. The fourth-order valence-electron chi connectivity index (χ4n) is 4.29. The molecule has 1 aliphatic heterocycles. The van der Waals surface area contributed by atoms with E-state index in [1.807, 2.05) is 23.1 Å². The van der Waals surface area contributed by atoms with Crippen LogP contribution in [0.1, 0.15) is 50.5 Å². The third kappa shape index (κ3) is 4.97. The molecular formula is C22H32N2O4. The van der Waals surface area contributed by atoms with Crippen molar-refractivity contribution < 1.29 is 19.1 Å². The lowest BCUT2D eigenvalue weighted by molar-refractivity contribution is -0.140. The van der Waals surface area contributed by atoms with Crippen molar-refractivity contribution in [1.82, 2.24) is 10.2 Å². The van der Waals surface area contributed by atoms with E-state index >= 15 is 0 Å². The second kappa shape index (κ2) is 9.80. The molecule has 1 N–H and O–H groups in total. The Balaban J connectivity index is 1.45. The summed E-state index contributed by atoms with van der Waals surface area (Å²) in [5.41, 5.74) is 0.968. The van der Waals surface area contributed by atoms with Gasteiger partial charge in [0.25, 0.3) is 0 Å². The van der Waals surface area contributed by atoms with Crippen LogP contribution >= 0.6 is 0 Å². The Morgan fingerprint density at radius 2 is 1.64 bits per heavy atom. The lowest BCUT2D eigenvalue weighted by atomic mass is 9.87. The zero-order valence-electron chi connectivity index (χ0n) is 17.0. The van der Waals surface area contributed by atoms with Crippen LogP contribution in [-0.2, 0) is 16.1 Å². The van der Waals surface area contributed by atoms with Crippen LogP contribution in [0.4, 0.5) is 0 Å². The fourth-order valence-corrected chi connectivity index (χ4v) is 4.29. The van der Waals surface area contributed by atoms with Crippen molar-refractivity contribution in [1.29, 1.82) is 0 Å². The Morgan fingerprint density at radius 1 is 0.964 bits per heavy atom. The first-order valence-electron chi connectivity index (χ1n) is 10.4. The number of carbonyl (C=O) groups excluding carboxylic acids is 2. The summed E-state index contributed by atoms with van der Waals surface area (Å²) in [4.78, 5) is 27.2. The van der Waals surface area contributed by atoms with Crippen molar-refractivity contribution in [3.05, 3.63) is 23.8 Å². The summed E-state index contributed by atoms with van der Waals surface area (Å²) in [7, 11) is 3.20. The first-order chi connectivity index (χ1) is 13.6. The van der Waals surface area contributed by atoms with Gasteiger partial charge >= 0.3 is 0 Å². The molecule has 3 rings (SSSR count). The molecule has 1 saturated heterocycles. The van der Waals surface area contributed by atoms with Crippen LogP contribution in [0.2, 0.25) is 0 Å². The number of nitrogens with one attached hydrogen (secondary N) is 1. The molecule has 1 aromatic carbocycles. The Bertz CT molecular complexity index is 677. The van der Waals surface area contributed by atoms with E-state index in [1.165, 1.54) is 19.3 Å². The zero-order chi connectivity index (χ0) is 19.9. The molecule has 1 saturated carbocycles. The summed E-state index contributed by atoms with van der Waals surface area (Å²) in [5, 5.41) is 3.03. The molecule has 28 heavy (non-hydrogen) atoms. The lowest BCUT2D eigenvalue weighted by Gasteiger charge is -2.34. The zero-order valence-corrected chi connectivity index (χ0v) is 17.0. The maximum absolute atomic E-state index is 12.7. The number of carbonyl (C=O) groups is 2. The van der Waals surface area contributed by atoms with E-state index in [0.29, 0.717) is 37.0 Å². The first-order valence-corrected chi connectivity index (χ1v) is 10.4. The highest BCUT2D eigenvalue weighted by atomic mass is 16.5. The van der Waals surface area contributed by atoms with Crippen molar-refractivity contribution in [3.63, 3.8) is 0 Å². The van der Waals surface area contributed by atoms with E-state index in [1.54, 1.807) is 14.2 Å². The molecule has 154 valence electrons. The normalized spacial score (nSPS) is 18.6. The van der Waals surface area contributed by atoms with E-state index in [2.05, 4.69) is 5.32 Å². The molecule has 2 aliphatic rings. The molecule has 0 aromatic heterocycles. The minimum Gasteiger partial charge on any atom is -0.493 e. The van der Waals surface area contributed by atoms with Gasteiger partial charge in [-0.1, -0.05) is 25.3 Å². The number of piperidine rings is 1. The highest BCUT2D eigenvalue weighted by Gasteiger charge is 2.31. The second-order valence-corrected chi connectivity index (χ2v) is 7.84. The third-order valence-electron chi connectivity index (χ3n) is 6.05. The van der Waals surface area contributed by atoms with E-state index in [-0.39, 0.29) is 17.7 Å². The van der Waals surface area contributed by atoms with Crippen molar-refractivity contribution in [2.24, 2.45) is 11.8 Å². The second-order valence-electron chi connectivity index (χ2n) is 7.84. The van der Waals surface area contributed by atoms with Gasteiger partial charge in [-0.05, 0) is 43.4 Å². The number of benzene rings is 1. The van der Waals surface area contributed by atoms with Crippen LogP contribution in [-0.4, -0.2) is 44.0 Å². The molecule has 0 unspecified atom stereocenters. The van der Waals surface area contributed by atoms with Crippen molar-refractivity contribution in [2.75, 3.05) is 27.3 Å². The Hall–Kier alpha value is -2.24. The molecule has 1 aliphatic carbocycles. The number of hydrogen-bond acceptors (Lipinski definition) is 4. The minimum absolute atomic E-state index is 0.0180. The lowest BCUT2D eigenvalue weighted by Crippen LogP contribution is -2.45. The quantitative estimate of drug-likeness (QED) is 0.813. The van der Waals surface area contributed by atoms with Gasteiger partial charge in [-0.2, -0.15) is 0 Å². The number of likely N-dealkylation sites (tertiary alicyclic amines) is 1. The first kappa shape index (κ1) is 20.5. The molecular weight excluding hydrogens is 356 g/mol. The van der Waals surface area contributed by atoms with Gasteiger partial charge in [-0.15, -0.1) is 0 Å². The number of hydrogen-bond donors (Lipinski definition) is 1. The Morgan fingerprint density at radius 3 is 2.29 bits per heavy atom. The van der Waals surface area contributed by atoms with E-state index in [9.17, 15) is 9.59 Å². The van der Waals surface area contributed by atoms with Crippen LogP contribution in [0.15, 0.2) is 18.2 Å². The molecule has 0 atom stereocenters. The predicted octanol–water partition coefficient (Wildman–Crippen LogP) is 3.14. The largest absolute Gasteiger partial charge is 0.493 e. The molecule has 1 heterocycles. The number of methoxy groups -OCH3 is 2. The monoisotopic (exact) mass is 388 g/mol. The smallest absolute Gasteiger partial charge is 0.225 e. The predicted molar refractivity (Wildman–Crippen MR) is 107 cm³/mol.